The van der Waals surface area contributed by atoms with Crippen LogP contribution in [-0.4, -0.2) is 19.6 Å². The number of hydrogen-bond acceptors (Lipinski definition) is 3. The van der Waals surface area contributed by atoms with Crippen molar-refractivity contribution in [1.29, 1.82) is 0 Å². The Morgan fingerprint density at radius 2 is 1.14 bits per heavy atom. The van der Waals surface area contributed by atoms with E-state index in [0.717, 1.165) is 44.6 Å². The maximum Gasteiger partial charge on any atom is 0.149 e. The summed E-state index contributed by atoms with van der Waals surface area (Å²) in [6.45, 7) is 9.90. The highest BCUT2D eigenvalue weighted by atomic mass is 16.3. The molecule has 6 aromatic carbocycles. The molecule has 0 fully saturated rings. The number of aromatic nitrogens is 3. The molecule has 0 aliphatic heterocycles. The smallest absolute Gasteiger partial charge is 0.149 e. The molecule has 0 radical (unpaired) electrons. The van der Waals surface area contributed by atoms with Crippen molar-refractivity contribution in [2.24, 2.45) is 0 Å². The van der Waals surface area contributed by atoms with Gasteiger partial charge in [-0.15, -0.1) is 0 Å². The van der Waals surface area contributed by atoms with Crippen molar-refractivity contribution < 1.29 is 17.4 Å². The molecule has 1 N–H and O–H groups in total. The first-order valence-corrected chi connectivity index (χ1v) is 21.6. The maximum absolute atomic E-state index is 12.6. The van der Waals surface area contributed by atoms with Crippen LogP contribution in [0.1, 0.15) is 123 Å². The van der Waals surface area contributed by atoms with E-state index >= 15 is 0 Å². The molecule has 4 nitrogen and oxygen atoms in total. The summed E-state index contributed by atoms with van der Waals surface area (Å²) in [5.41, 5.74) is 5.90. The van der Waals surface area contributed by atoms with E-state index in [0.29, 0.717) is 38.9 Å². The molecular formula is C59H63N3O. The van der Waals surface area contributed by atoms with Crippen LogP contribution in [0.4, 0.5) is 0 Å². The molecule has 0 atom stereocenters. The number of fused-ring (bicyclic) bond motifs is 1. The SMILES string of the molecule is [2H]C([2H])([2H])C(c1cc(-c2ccccc2)ccc1-n1c(-c2cc(C(C)(C)C)cc(C(C)(C)C)c2O)nc2c(-c3cc(-c4cc(-c5ccc(C)cc5)ccn4)cc(C(C)(C)C)c3)cccc21)(C([2H])([2H])[2H])C([2H])([2H])[2H]. The number of nitrogens with zero attached hydrogens (tertiary/aromatic N) is 3. The zero-order chi connectivity index (χ0) is 52.7. The summed E-state index contributed by atoms with van der Waals surface area (Å²) >= 11 is 0. The highest BCUT2D eigenvalue weighted by Gasteiger charge is 2.30. The van der Waals surface area contributed by atoms with Crippen molar-refractivity contribution in [2.45, 2.75) is 111 Å². The van der Waals surface area contributed by atoms with Crippen LogP contribution in [0.5, 0.6) is 5.75 Å². The molecule has 0 bridgehead atoms. The van der Waals surface area contributed by atoms with Gasteiger partial charge < -0.3 is 5.11 Å². The minimum absolute atomic E-state index is 0.0215. The zero-order valence-corrected chi connectivity index (χ0v) is 38.1. The average molecular weight is 839 g/mol. The van der Waals surface area contributed by atoms with Gasteiger partial charge in [0, 0.05) is 35.2 Å². The van der Waals surface area contributed by atoms with Crippen LogP contribution in [0.15, 0.2) is 140 Å². The lowest BCUT2D eigenvalue weighted by Crippen LogP contribution is -2.18. The molecule has 320 valence electrons. The van der Waals surface area contributed by atoms with Gasteiger partial charge in [0.25, 0.3) is 0 Å². The third-order valence-corrected chi connectivity index (χ3v) is 12.0. The number of imidazole rings is 1. The number of pyridine rings is 1. The molecule has 4 heteroatoms. The lowest BCUT2D eigenvalue weighted by molar-refractivity contribution is 0.446. The fourth-order valence-corrected chi connectivity index (χ4v) is 8.29. The second kappa shape index (κ2) is 15.8. The molecule has 8 rings (SSSR count). The highest BCUT2D eigenvalue weighted by Crippen LogP contribution is 2.46. The molecule has 0 amide bonds. The van der Waals surface area contributed by atoms with Crippen molar-refractivity contribution in [3.8, 4) is 67.5 Å². The summed E-state index contributed by atoms with van der Waals surface area (Å²) in [5.74, 6) is 0.0943. The first-order chi connectivity index (χ1) is 33.3. The number of benzene rings is 6. The molecular weight excluding hydrogens is 767 g/mol. The molecule has 2 aromatic heterocycles. The minimum Gasteiger partial charge on any atom is -0.507 e. The number of hydrogen-bond donors (Lipinski definition) is 1. The summed E-state index contributed by atoms with van der Waals surface area (Å²) in [6.07, 6.45) is 1.81. The van der Waals surface area contributed by atoms with E-state index in [1.54, 1.807) is 41.0 Å². The molecule has 0 aliphatic rings. The summed E-state index contributed by atoms with van der Waals surface area (Å²) in [4.78, 5) is 10.3. The number of aryl methyl sites for hydroxylation is 1. The topological polar surface area (TPSA) is 50.9 Å². The van der Waals surface area contributed by atoms with E-state index in [2.05, 4.69) is 97.0 Å². The predicted molar refractivity (Wildman–Crippen MR) is 267 cm³/mol. The minimum atomic E-state index is -3.60. The Hall–Kier alpha value is -6.26. The number of rotatable bonds is 6. The van der Waals surface area contributed by atoms with Gasteiger partial charge in [0.1, 0.15) is 11.6 Å². The van der Waals surface area contributed by atoms with E-state index in [9.17, 15) is 5.11 Å². The van der Waals surface area contributed by atoms with E-state index in [1.807, 2.05) is 69.4 Å². The van der Waals surface area contributed by atoms with Crippen LogP contribution in [0, 0.1) is 6.92 Å². The summed E-state index contributed by atoms with van der Waals surface area (Å²) in [6, 6.07) is 42.0. The van der Waals surface area contributed by atoms with Gasteiger partial charge in [-0.05, 0) is 122 Å². The summed E-state index contributed by atoms with van der Waals surface area (Å²) < 4.78 is 82.8. The van der Waals surface area contributed by atoms with Gasteiger partial charge in [-0.25, -0.2) is 4.98 Å². The van der Waals surface area contributed by atoms with Gasteiger partial charge in [-0.2, -0.15) is 0 Å². The van der Waals surface area contributed by atoms with E-state index < -0.39 is 42.4 Å². The molecule has 0 saturated heterocycles. The lowest BCUT2D eigenvalue weighted by Gasteiger charge is -2.28. The highest BCUT2D eigenvalue weighted by molar-refractivity contribution is 5.97. The second-order valence-electron chi connectivity index (χ2n) is 20.1. The predicted octanol–water partition coefficient (Wildman–Crippen LogP) is 16.0. The van der Waals surface area contributed by atoms with Crippen molar-refractivity contribution >= 4 is 11.0 Å². The van der Waals surface area contributed by atoms with E-state index in [-0.39, 0.29) is 22.7 Å². The molecule has 0 aliphatic carbocycles. The molecule has 8 aromatic rings. The monoisotopic (exact) mass is 839 g/mol. The first-order valence-electron chi connectivity index (χ1n) is 26.1. The normalized spacial score (nSPS) is 15.3. The first kappa shape index (κ1) is 33.3. The van der Waals surface area contributed by atoms with E-state index in [1.165, 1.54) is 6.07 Å². The van der Waals surface area contributed by atoms with Crippen molar-refractivity contribution in [3.05, 3.63) is 167 Å². The van der Waals surface area contributed by atoms with Gasteiger partial charge in [0.2, 0.25) is 0 Å². The second-order valence-corrected chi connectivity index (χ2v) is 20.1. The fraction of sp³-hybridized carbons (Fsp3) is 0.288. The molecule has 2 heterocycles. The number of phenols is 1. The van der Waals surface area contributed by atoms with Gasteiger partial charge in [-0.3, -0.25) is 9.55 Å². The van der Waals surface area contributed by atoms with Gasteiger partial charge in [0.15, 0.2) is 0 Å². The van der Waals surface area contributed by atoms with Crippen molar-refractivity contribution in [1.82, 2.24) is 14.5 Å². The quantitative estimate of drug-likeness (QED) is 0.181. The van der Waals surface area contributed by atoms with Gasteiger partial charge in [0.05, 0.1) is 28.0 Å². The molecule has 0 unspecified atom stereocenters. The number of para-hydroxylation sites is 1. The zero-order valence-electron chi connectivity index (χ0n) is 47.1. The molecule has 0 saturated carbocycles. The Balaban J connectivity index is 1.54. The average Bonchev–Trinajstić information content (AvgIpc) is 3.66. The Kier molecular flexibility index (Phi) is 8.37. The van der Waals surface area contributed by atoms with Crippen molar-refractivity contribution in [3.63, 3.8) is 0 Å². The summed E-state index contributed by atoms with van der Waals surface area (Å²) in [5, 5.41) is 12.6. The Morgan fingerprint density at radius 1 is 0.508 bits per heavy atom. The van der Waals surface area contributed by atoms with Crippen LogP contribution in [0.2, 0.25) is 0 Å². The van der Waals surface area contributed by atoms with Gasteiger partial charge >= 0.3 is 0 Å². The van der Waals surface area contributed by atoms with Crippen LogP contribution >= 0.6 is 0 Å². The lowest BCUT2D eigenvalue weighted by atomic mass is 9.78. The Labute approximate surface area is 388 Å². The van der Waals surface area contributed by atoms with E-state index in [4.69, 9.17) is 22.3 Å². The number of phenolic OH excluding ortho intramolecular Hbond substituents is 1. The largest absolute Gasteiger partial charge is 0.507 e. The fourth-order valence-electron chi connectivity index (χ4n) is 8.29. The van der Waals surface area contributed by atoms with Crippen LogP contribution in [-0.2, 0) is 21.7 Å². The van der Waals surface area contributed by atoms with Crippen LogP contribution < -0.4 is 0 Å². The van der Waals surface area contributed by atoms with Gasteiger partial charge in [-0.1, -0.05) is 173 Å². The third-order valence-electron chi connectivity index (χ3n) is 12.0. The van der Waals surface area contributed by atoms with Crippen LogP contribution in [0.25, 0.3) is 72.7 Å². The third kappa shape index (κ3) is 8.61. The molecule has 0 spiro atoms. The number of aromatic hydroxyl groups is 1. The summed E-state index contributed by atoms with van der Waals surface area (Å²) in [7, 11) is 0. The standard InChI is InChI=1S/C59H63N3O/c1-37-22-24-39(25-23-37)41-28-29-60-50(34-41)43-30-42(31-44(32-43)56(2,3)4)46-20-17-21-52-53(46)61-55(47-35-45(57(5,6)7)36-49(54(47)63)59(11,12)13)62(52)51-27-26-40(33-48(51)58(8,9)10)38-18-15-14-16-19-38/h14-36,63H,1-13H3/i8D3,9D3,10D3. The Bertz CT molecular complexity index is 3290. The Morgan fingerprint density at radius 3 is 1.81 bits per heavy atom. The molecule has 63 heavy (non-hydrogen) atoms. The van der Waals surface area contributed by atoms with Crippen LogP contribution in [0.3, 0.4) is 0 Å². The maximum atomic E-state index is 12.6. The van der Waals surface area contributed by atoms with Crippen molar-refractivity contribution in [2.75, 3.05) is 0 Å².